The third kappa shape index (κ3) is 11.9. The molecule has 418 valence electrons. The molecule has 3 fully saturated rings. The van der Waals surface area contributed by atoms with Crippen molar-refractivity contribution in [3.8, 4) is 16.9 Å². The van der Waals surface area contributed by atoms with Crippen molar-refractivity contribution in [1.82, 2.24) is 34.9 Å². The summed E-state index contributed by atoms with van der Waals surface area (Å²) in [5.74, 6) is -1.40. The van der Waals surface area contributed by atoms with E-state index in [0.29, 0.717) is 79.5 Å². The molecule has 0 radical (unpaired) electrons. The third-order valence-corrected chi connectivity index (χ3v) is 16.2. The number of aryl methyl sites for hydroxylation is 1. The molecule has 0 spiro atoms. The number of para-hydroxylation sites is 1. The van der Waals surface area contributed by atoms with Gasteiger partial charge in [0.25, 0.3) is 5.91 Å². The van der Waals surface area contributed by atoms with Gasteiger partial charge in [-0.3, -0.25) is 34.6 Å². The van der Waals surface area contributed by atoms with Crippen molar-refractivity contribution in [2.75, 3.05) is 61.0 Å². The lowest BCUT2D eigenvalue weighted by Gasteiger charge is -2.35. The number of halogens is 3. The summed E-state index contributed by atoms with van der Waals surface area (Å²) >= 11 is 1.38. The maximum atomic E-state index is 15.5. The molecule has 1 saturated carbocycles. The summed E-state index contributed by atoms with van der Waals surface area (Å²) in [6, 6.07) is 24.4. The Hall–Kier alpha value is -7.49. The molecule has 0 bridgehead atoms. The maximum Gasteiger partial charge on any atom is 0.420 e. The summed E-state index contributed by atoms with van der Waals surface area (Å²) in [6.45, 7) is 10.5. The van der Waals surface area contributed by atoms with Gasteiger partial charge in [0.15, 0.2) is 16.5 Å². The van der Waals surface area contributed by atoms with Crippen LogP contribution in [0, 0.1) is 0 Å². The van der Waals surface area contributed by atoms with Gasteiger partial charge in [-0.1, -0.05) is 47.7 Å². The normalized spacial score (nSPS) is 19.3. The van der Waals surface area contributed by atoms with Crippen LogP contribution in [-0.4, -0.2) is 117 Å². The number of carbonyl (C=O) groups is 4. The maximum absolute atomic E-state index is 15.5. The van der Waals surface area contributed by atoms with Gasteiger partial charge >= 0.3 is 12.1 Å². The summed E-state index contributed by atoms with van der Waals surface area (Å²) in [7, 11) is 1.82. The van der Waals surface area contributed by atoms with Crippen LogP contribution in [0.4, 0.5) is 29.9 Å². The van der Waals surface area contributed by atoms with E-state index in [1.165, 1.54) is 35.6 Å². The van der Waals surface area contributed by atoms with Crippen LogP contribution in [0.1, 0.15) is 115 Å². The van der Waals surface area contributed by atoms with E-state index in [-0.39, 0.29) is 59.4 Å². The Kier molecular flexibility index (Phi) is 15.4. The van der Waals surface area contributed by atoms with Gasteiger partial charge in [-0.15, -0.1) is 0 Å². The van der Waals surface area contributed by atoms with E-state index in [1.807, 2.05) is 60.5 Å². The highest BCUT2D eigenvalue weighted by Gasteiger charge is 2.40. The van der Waals surface area contributed by atoms with Crippen molar-refractivity contribution in [3.05, 3.63) is 119 Å². The summed E-state index contributed by atoms with van der Waals surface area (Å²) in [6.07, 6.45) is -1.00. The van der Waals surface area contributed by atoms with Crippen LogP contribution < -0.4 is 25.2 Å². The lowest BCUT2D eigenvalue weighted by atomic mass is 9.93. The fourth-order valence-corrected chi connectivity index (χ4v) is 12.2. The number of carbonyl (C=O) groups excluding carboxylic acids is 4. The number of hydrogen-bond donors (Lipinski definition) is 2. The number of aromatic nitrogens is 5. The number of piperidine rings is 1. The predicted molar refractivity (Wildman–Crippen MR) is 298 cm³/mol. The van der Waals surface area contributed by atoms with Gasteiger partial charge in [0, 0.05) is 88.0 Å². The van der Waals surface area contributed by atoms with Gasteiger partial charge < -0.3 is 24.0 Å². The van der Waals surface area contributed by atoms with E-state index < -0.39 is 35.3 Å². The van der Waals surface area contributed by atoms with Gasteiger partial charge in [-0.05, 0) is 125 Å². The average Bonchev–Trinajstić information content (AvgIpc) is 4.00. The van der Waals surface area contributed by atoms with Gasteiger partial charge in [-0.2, -0.15) is 18.3 Å². The number of ether oxygens (including phenoxy) is 3. The first-order valence-corrected chi connectivity index (χ1v) is 28.1. The number of esters is 1. The van der Waals surface area contributed by atoms with Crippen molar-refractivity contribution in [2.24, 2.45) is 7.05 Å². The lowest BCUT2D eigenvalue weighted by Crippen LogP contribution is -2.47. The molecule has 7 heterocycles. The number of pyridine rings is 2. The highest BCUT2D eigenvalue weighted by Crippen LogP contribution is 2.45. The number of thiazole rings is 1. The summed E-state index contributed by atoms with van der Waals surface area (Å²) in [4.78, 5) is 73.0. The van der Waals surface area contributed by atoms with E-state index in [9.17, 15) is 19.2 Å². The minimum absolute atomic E-state index is 0.0359. The quantitative estimate of drug-likeness (QED) is 0.0595. The Labute approximate surface area is 464 Å². The molecule has 1 unspecified atom stereocenters. The van der Waals surface area contributed by atoms with Crippen molar-refractivity contribution >= 4 is 73.0 Å². The lowest BCUT2D eigenvalue weighted by molar-refractivity contribution is -0.139. The standard InChI is InChI=1S/C59H63F3N10O7S/c1-58(2,3)79-56(76)52-39(20-23-47(64-52)72-28-26-35-10-7-12-40(43(35)34-72)54(74)67-57-63-44-13-5-6-15-46(44)80-57)38-11-8-14-45(50(38)59(60,61)62)78-37-18-16-36(17-19-37)77-33-9-27-70-29-31-71(32-30-70)48-24-21-41-51(68-69(4)53(41)65-48)42-22-25-49(73)66-55(42)75/h5-8,10-15,20-21,23-24,36-37,42H,9,16-19,22,25-34H2,1-4H3,(H,63,67,74)(H,66,73,75). The molecule has 3 amide bonds. The second-order valence-corrected chi connectivity index (χ2v) is 23.0. The number of rotatable bonds is 14. The van der Waals surface area contributed by atoms with E-state index in [0.717, 1.165) is 71.7 Å². The Bertz CT molecular complexity index is 3460. The molecule has 1 aliphatic carbocycles. The van der Waals surface area contributed by atoms with Gasteiger partial charge in [0.1, 0.15) is 28.5 Å². The Morgan fingerprint density at radius 3 is 2.30 bits per heavy atom. The molecular weight excluding hydrogens is 1050 g/mol. The number of fused-ring (bicyclic) bond motifs is 3. The topological polar surface area (TPSA) is 186 Å². The van der Waals surface area contributed by atoms with Crippen LogP contribution in [0.3, 0.4) is 0 Å². The number of amides is 3. The van der Waals surface area contributed by atoms with Gasteiger partial charge in [-0.25, -0.2) is 19.7 Å². The predicted octanol–water partition coefficient (Wildman–Crippen LogP) is 9.87. The van der Waals surface area contributed by atoms with E-state index in [4.69, 9.17) is 24.2 Å². The van der Waals surface area contributed by atoms with E-state index >= 15 is 13.2 Å². The smallest absolute Gasteiger partial charge is 0.420 e. The minimum Gasteiger partial charge on any atom is -0.490 e. The second kappa shape index (κ2) is 22.6. The molecule has 17 nitrogen and oxygen atoms in total. The number of anilines is 3. The molecule has 3 aromatic carbocycles. The number of nitrogens with zero attached hydrogens (tertiary/aromatic N) is 8. The molecule has 3 aliphatic heterocycles. The van der Waals surface area contributed by atoms with Crippen molar-refractivity contribution in [1.29, 1.82) is 0 Å². The Morgan fingerprint density at radius 1 is 0.787 bits per heavy atom. The monoisotopic (exact) mass is 1110 g/mol. The van der Waals surface area contributed by atoms with E-state index in [2.05, 4.69) is 30.5 Å². The number of nitrogens with one attached hydrogen (secondary N) is 2. The second-order valence-electron chi connectivity index (χ2n) is 21.9. The molecule has 11 rings (SSSR count). The first kappa shape index (κ1) is 54.5. The fraction of sp³-hybridized carbons (Fsp3) is 0.424. The van der Waals surface area contributed by atoms with Crippen LogP contribution in [-0.2, 0) is 45.3 Å². The van der Waals surface area contributed by atoms with E-state index in [1.54, 1.807) is 37.6 Å². The van der Waals surface area contributed by atoms with Crippen molar-refractivity contribution in [2.45, 2.75) is 109 Å². The number of imide groups is 1. The first-order chi connectivity index (χ1) is 38.4. The molecular formula is C59H63F3N10O7S. The van der Waals surface area contributed by atoms with Gasteiger partial charge in [0.05, 0.1) is 34.0 Å². The highest BCUT2D eigenvalue weighted by molar-refractivity contribution is 7.22. The first-order valence-electron chi connectivity index (χ1n) is 27.3. The number of piperazine rings is 1. The fourth-order valence-electron chi connectivity index (χ4n) is 11.3. The highest BCUT2D eigenvalue weighted by atomic mass is 32.1. The number of hydrogen-bond acceptors (Lipinski definition) is 15. The molecule has 2 saturated heterocycles. The number of alkyl halides is 3. The van der Waals surface area contributed by atoms with Crippen LogP contribution in [0.2, 0.25) is 0 Å². The summed E-state index contributed by atoms with van der Waals surface area (Å²) in [5, 5.41) is 11.3. The zero-order chi connectivity index (χ0) is 55.9. The van der Waals surface area contributed by atoms with Crippen LogP contribution in [0.5, 0.6) is 5.75 Å². The molecule has 4 aliphatic rings. The molecule has 80 heavy (non-hydrogen) atoms. The number of benzene rings is 3. The molecule has 1 atom stereocenters. The zero-order valence-electron chi connectivity index (χ0n) is 45.1. The molecule has 7 aromatic rings. The average molecular weight is 1110 g/mol. The van der Waals surface area contributed by atoms with Crippen molar-refractivity contribution < 1.29 is 46.6 Å². The summed E-state index contributed by atoms with van der Waals surface area (Å²) in [5.41, 5.74) is 1.78. The van der Waals surface area contributed by atoms with Crippen LogP contribution in [0.15, 0.2) is 84.9 Å². The van der Waals surface area contributed by atoms with Crippen LogP contribution in [0.25, 0.3) is 32.4 Å². The Balaban J connectivity index is 0.706. The summed E-state index contributed by atoms with van der Waals surface area (Å²) < 4.78 is 67.3. The largest absolute Gasteiger partial charge is 0.490 e. The van der Waals surface area contributed by atoms with Gasteiger partial charge in [0.2, 0.25) is 11.8 Å². The molecule has 2 N–H and O–H groups in total. The van der Waals surface area contributed by atoms with Crippen LogP contribution >= 0.6 is 11.3 Å². The molecule has 4 aromatic heterocycles. The third-order valence-electron chi connectivity index (χ3n) is 15.3. The van der Waals surface area contributed by atoms with Crippen molar-refractivity contribution in [3.63, 3.8) is 0 Å². The molecule has 21 heteroatoms. The SMILES string of the molecule is Cn1nc(C2CCC(=O)NC2=O)c2ccc(N3CCN(CCCOC4CCC(Oc5cccc(-c6ccc(N7CCc8cccc(C(=O)Nc9nc%10ccccc%10s9)c8C7)nc6C(=O)OC(C)(C)C)c5C(F)(F)F)CC4)CC3)nc21. The Morgan fingerprint density at radius 2 is 1.54 bits per heavy atom. The zero-order valence-corrected chi connectivity index (χ0v) is 45.9. The minimum atomic E-state index is -4.86.